The highest BCUT2D eigenvalue weighted by atomic mass is 16.7. The van der Waals surface area contributed by atoms with Gasteiger partial charge in [0.15, 0.2) is 28.6 Å². The number of benzene rings is 2. The molecule has 0 radical (unpaired) electrons. The Morgan fingerprint density at radius 2 is 1.70 bits per heavy atom. The third kappa shape index (κ3) is 3.75. The van der Waals surface area contributed by atoms with Crippen LogP contribution in [0.3, 0.4) is 0 Å². The van der Waals surface area contributed by atoms with Crippen LogP contribution in [0.2, 0.25) is 0 Å². The van der Waals surface area contributed by atoms with E-state index in [1.807, 2.05) is 19.9 Å². The van der Waals surface area contributed by atoms with Crippen LogP contribution < -0.4 is 33.8 Å². The first-order valence-corrected chi connectivity index (χ1v) is 10.1. The van der Waals surface area contributed by atoms with E-state index in [0.717, 1.165) is 5.57 Å². The van der Waals surface area contributed by atoms with Crippen molar-refractivity contribution in [2.75, 3.05) is 34.7 Å². The van der Waals surface area contributed by atoms with Crippen LogP contribution in [0.25, 0.3) is 22.3 Å². The fourth-order valence-corrected chi connectivity index (χ4v) is 3.53. The van der Waals surface area contributed by atoms with Gasteiger partial charge in [-0.2, -0.15) is 0 Å². The fraction of sp³-hybridized carbons (Fsp3) is 0.292. The van der Waals surface area contributed by atoms with Gasteiger partial charge in [0.2, 0.25) is 35.2 Å². The van der Waals surface area contributed by atoms with Gasteiger partial charge in [-0.15, -0.1) is 0 Å². The minimum Gasteiger partial charge on any atom is -0.504 e. The third-order valence-corrected chi connectivity index (χ3v) is 5.11. The average molecular weight is 456 g/mol. The number of hydrogen-bond donors (Lipinski definition) is 1. The number of ether oxygens (including phenoxy) is 6. The van der Waals surface area contributed by atoms with Crippen LogP contribution in [0, 0.1) is 0 Å². The topological polar surface area (TPSA) is 106 Å². The van der Waals surface area contributed by atoms with E-state index in [1.165, 1.54) is 21.3 Å². The molecule has 0 saturated heterocycles. The molecule has 174 valence electrons. The second-order valence-corrected chi connectivity index (χ2v) is 7.40. The Kier molecular flexibility index (Phi) is 5.95. The molecule has 0 atom stereocenters. The summed E-state index contributed by atoms with van der Waals surface area (Å²) in [5.74, 6) is 0.834. The first kappa shape index (κ1) is 22.2. The van der Waals surface area contributed by atoms with E-state index >= 15 is 0 Å². The van der Waals surface area contributed by atoms with Gasteiger partial charge in [-0.1, -0.05) is 5.57 Å². The molecule has 1 aliphatic heterocycles. The molecule has 33 heavy (non-hydrogen) atoms. The van der Waals surface area contributed by atoms with Crippen molar-refractivity contribution in [1.29, 1.82) is 0 Å². The van der Waals surface area contributed by atoms with Crippen LogP contribution >= 0.6 is 0 Å². The molecular weight excluding hydrogens is 432 g/mol. The molecule has 9 heteroatoms. The highest BCUT2D eigenvalue weighted by Crippen LogP contribution is 2.51. The van der Waals surface area contributed by atoms with Gasteiger partial charge in [-0.25, -0.2) is 0 Å². The minimum absolute atomic E-state index is 0.0125. The average Bonchev–Trinajstić information content (AvgIpc) is 3.26. The minimum atomic E-state index is -0.601. The second kappa shape index (κ2) is 8.85. The third-order valence-electron chi connectivity index (χ3n) is 5.11. The lowest BCUT2D eigenvalue weighted by Crippen LogP contribution is -2.10. The lowest BCUT2D eigenvalue weighted by Gasteiger charge is -2.18. The monoisotopic (exact) mass is 456 g/mol. The molecule has 0 saturated carbocycles. The Labute approximate surface area is 189 Å². The van der Waals surface area contributed by atoms with Gasteiger partial charge < -0.3 is 37.9 Å². The number of phenolic OH excluding ortho intramolecular Hbond substituents is 1. The van der Waals surface area contributed by atoms with Crippen LogP contribution in [0.4, 0.5) is 0 Å². The van der Waals surface area contributed by atoms with E-state index in [0.29, 0.717) is 17.1 Å². The van der Waals surface area contributed by atoms with E-state index in [2.05, 4.69) is 0 Å². The molecule has 0 bridgehead atoms. The summed E-state index contributed by atoms with van der Waals surface area (Å²) in [6, 6.07) is 5.09. The lowest BCUT2D eigenvalue weighted by atomic mass is 10.1. The summed E-state index contributed by atoms with van der Waals surface area (Å²) in [4.78, 5) is 13.4. The Hall–Kier alpha value is -4.01. The van der Waals surface area contributed by atoms with Crippen molar-refractivity contribution in [3.63, 3.8) is 0 Å². The fourth-order valence-electron chi connectivity index (χ4n) is 3.53. The second-order valence-electron chi connectivity index (χ2n) is 7.40. The van der Waals surface area contributed by atoms with Crippen molar-refractivity contribution in [3.8, 4) is 51.6 Å². The number of rotatable bonds is 7. The Morgan fingerprint density at radius 1 is 1.00 bits per heavy atom. The Morgan fingerprint density at radius 3 is 2.36 bits per heavy atom. The number of hydrogen-bond acceptors (Lipinski definition) is 9. The molecule has 9 nitrogen and oxygen atoms in total. The maximum Gasteiger partial charge on any atom is 0.239 e. The van der Waals surface area contributed by atoms with Crippen molar-refractivity contribution < 1.29 is 37.9 Å². The molecule has 0 fully saturated rings. The van der Waals surface area contributed by atoms with Crippen molar-refractivity contribution in [2.24, 2.45) is 0 Å². The zero-order valence-electron chi connectivity index (χ0n) is 18.9. The number of allylic oxidation sites excluding steroid dienone is 1. The molecule has 0 spiro atoms. The zero-order chi connectivity index (χ0) is 23.7. The van der Waals surface area contributed by atoms with E-state index in [4.69, 9.17) is 32.8 Å². The van der Waals surface area contributed by atoms with Gasteiger partial charge in [0.1, 0.15) is 12.0 Å². The summed E-state index contributed by atoms with van der Waals surface area (Å²) in [6.07, 6.45) is 1.85. The highest BCUT2D eigenvalue weighted by molar-refractivity contribution is 5.96. The van der Waals surface area contributed by atoms with Gasteiger partial charge in [-0.05, 0) is 38.1 Å². The molecule has 3 aromatic rings. The smallest absolute Gasteiger partial charge is 0.239 e. The molecule has 2 aromatic carbocycles. The molecule has 0 aliphatic carbocycles. The largest absolute Gasteiger partial charge is 0.504 e. The van der Waals surface area contributed by atoms with Gasteiger partial charge in [0, 0.05) is 5.56 Å². The van der Waals surface area contributed by atoms with Crippen molar-refractivity contribution in [1.82, 2.24) is 0 Å². The van der Waals surface area contributed by atoms with Gasteiger partial charge in [-0.3, -0.25) is 4.79 Å². The van der Waals surface area contributed by atoms with E-state index in [1.54, 1.807) is 18.2 Å². The molecular formula is C24H24O9. The summed E-state index contributed by atoms with van der Waals surface area (Å²) in [7, 11) is 4.11. The number of methoxy groups -OCH3 is 3. The van der Waals surface area contributed by atoms with Gasteiger partial charge >= 0.3 is 0 Å². The van der Waals surface area contributed by atoms with E-state index in [9.17, 15) is 9.90 Å². The lowest BCUT2D eigenvalue weighted by molar-refractivity contribution is 0.174. The number of phenols is 1. The predicted octanol–water partition coefficient (Wildman–Crippen LogP) is 4.27. The summed E-state index contributed by atoms with van der Waals surface area (Å²) in [6.45, 7) is 4.15. The van der Waals surface area contributed by atoms with E-state index in [-0.39, 0.29) is 53.1 Å². The van der Waals surface area contributed by atoms with Gasteiger partial charge in [0.05, 0.1) is 21.3 Å². The van der Waals surface area contributed by atoms with Crippen LogP contribution in [0.5, 0.6) is 40.2 Å². The number of fused-ring (bicyclic) bond motifs is 2. The molecule has 1 aromatic heterocycles. The summed E-state index contributed by atoms with van der Waals surface area (Å²) >= 11 is 0. The first-order valence-electron chi connectivity index (χ1n) is 10.1. The molecule has 1 aliphatic rings. The highest BCUT2D eigenvalue weighted by Gasteiger charge is 2.30. The molecule has 0 unspecified atom stereocenters. The SMILES string of the molecule is COc1c(OCC=C(C)C)c(OC)c2oc(-c3ccc4c(c3)OCO4)c(OC)c(=O)c2c1O. The summed E-state index contributed by atoms with van der Waals surface area (Å²) in [5, 5.41) is 10.8. The normalized spacial score (nSPS) is 11.9. The van der Waals surface area contributed by atoms with Crippen LogP contribution in [-0.4, -0.2) is 39.8 Å². The maximum absolute atomic E-state index is 13.4. The molecule has 4 rings (SSSR count). The summed E-state index contributed by atoms with van der Waals surface area (Å²) < 4.78 is 39.0. The molecule has 2 heterocycles. The Balaban J connectivity index is 2.02. The van der Waals surface area contributed by atoms with Crippen molar-refractivity contribution >= 4 is 11.0 Å². The van der Waals surface area contributed by atoms with Crippen LogP contribution in [0.15, 0.2) is 39.1 Å². The maximum atomic E-state index is 13.4. The zero-order valence-corrected chi connectivity index (χ0v) is 18.9. The Bertz CT molecular complexity index is 1300. The van der Waals surface area contributed by atoms with E-state index < -0.39 is 11.2 Å². The van der Waals surface area contributed by atoms with Crippen molar-refractivity contribution in [2.45, 2.75) is 13.8 Å². The first-order chi connectivity index (χ1) is 15.9. The van der Waals surface area contributed by atoms with Crippen LogP contribution in [0.1, 0.15) is 13.8 Å². The van der Waals surface area contributed by atoms with Crippen LogP contribution in [-0.2, 0) is 0 Å². The predicted molar refractivity (Wildman–Crippen MR) is 120 cm³/mol. The quantitative estimate of drug-likeness (QED) is 0.522. The standard InChI is InChI=1S/C24H24O9/c1-12(2)8-9-30-24-22(28-4)18(26)16-17(25)21(27-3)19(33-20(16)23(24)29-5)13-6-7-14-15(10-13)32-11-31-14/h6-8,10,26H,9,11H2,1-5H3. The summed E-state index contributed by atoms with van der Waals surface area (Å²) in [5.41, 5.74) is 0.941. The number of aromatic hydroxyl groups is 1. The molecule has 1 N–H and O–H groups in total. The van der Waals surface area contributed by atoms with Crippen molar-refractivity contribution in [3.05, 3.63) is 40.1 Å². The molecule has 0 amide bonds. The van der Waals surface area contributed by atoms with Gasteiger partial charge in [0.25, 0.3) is 0 Å².